The van der Waals surface area contributed by atoms with Gasteiger partial charge in [0.25, 0.3) is 5.91 Å². The molecule has 0 spiro atoms. The molecule has 104 valence electrons. The number of amides is 1. The van der Waals surface area contributed by atoms with Gasteiger partial charge in [-0.05, 0) is 37.6 Å². The second kappa shape index (κ2) is 6.53. The summed E-state index contributed by atoms with van der Waals surface area (Å²) in [7, 11) is 0. The molecule has 0 radical (unpaired) electrons. The number of piperidine rings is 1. The first-order chi connectivity index (χ1) is 8.76. The molecule has 1 saturated heterocycles. The van der Waals surface area contributed by atoms with E-state index in [1.54, 1.807) is 0 Å². The molecule has 1 amide bonds. The monoisotopic (exact) mass is 253 g/mol. The fraction of sp³-hybridized carbons (Fsp3) is 0.929. The molecule has 1 saturated carbocycles. The van der Waals surface area contributed by atoms with Crippen LogP contribution in [0.5, 0.6) is 0 Å². The molecular formula is C14H27N3O. The minimum atomic E-state index is -0.0112. The summed E-state index contributed by atoms with van der Waals surface area (Å²) < 4.78 is 0. The Labute approximate surface area is 110 Å². The largest absolute Gasteiger partial charge is 0.293 e. The van der Waals surface area contributed by atoms with E-state index in [-0.39, 0.29) is 11.9 Å². The number of nitrogens with two attached hydrogens (primary N) is 1. The van der Waals surface area contributed by atoms with Crippen molar-refractivity contribution in [2.75, 3.05) is 13.1 Å². The molecule has 4 heteroatoms. The fourth-order valence-corrected chi connectivity index (χ4v) is 3.76. The van der Waals surface area contributed by atoms with Gasteiger partial charge in [-0.3, -0.25) is 15.1 Å². The third kappa shape index (κ3) is 3.04. The van der Waals surface area contributed by atoms with Crippen LogP contribution in [-0.4, -0.2) is 29.9 Å². The quantitative estimate of drug-likeness (QED) is 0.455. The first-order valence-corrected chi connectivity index (χ1v) is 7.50. The van der Waals surface area contributed by atoms with E-state index in [0.29, 0.717) is 0 Å². The molecule has 3 N–H and O–H groups in total. The number of likely N-dealkylation sites (tertiary alicyclic amines) is 1. The van der Waals surface area contributed by atoms with E-state index in [1.807, 2.05) is 0 Å². The number of carbonyl (C=O) groups excluding carboxylic acids is 1. The van der Waals surface area contributed by atoms with Gasteiger partial charge in [0.2, 0.25) is 0 Å². The summed E-state index contributed by atoms with van der Waals surface area (Å²) in [6.45, 7) is 4.30. The van der Waals surface area contributed by atoms with E-state index in [2.05, 4.69) is 17.2 Å². The van der Waals surface area contributed by atoms with Crippen molar-refractivity contribution in [3.05, 3.63) is 0 Å². The summed E-state index contributed by atoms with van der Waals surface area (Å²) in [4.78, 5) is 14.3. The Morgan fingerprint density at radius 3 is 2.72 bits per heavy atom. The smallest absolute Gasteiger partial charge is 0.251 e. The molecule has 0 bridgehead atoms. The summed E-state index contributed by atoms with van der Waals surface area (Å²) in [5, 5.41) is 0. The number of hydrogen-bond donors (Lipinski definition) is 2. The molecule has 1 aliphatic carbocycles. The van der Waals surface area contributed by atoms with E-state index in [4.69, 9.17) is 5.84 Å². The molecule has 18 heavy (non-hydrogen) atoms. The van der Waals surface area contributed by atoms with Crippen LogP contribution in [0.15, 0.2) is 0 Å². The normalized spacial score (nSPS) is 30.6. The molecule has 2 fully saturated rings. The lowest BCUT2D eigenvalue weighted by Crippen LogP contribution is -2.53. The van der Waals surface area contributed by atoms with Crippen LogP contribution in [0.1, 0.15) is 51.9 Å². The Balaban J connectivity index is 1.96. The third-order valence-electron chi connectivity index (χ3n) is 4.77. The zero-order valence-electron chi connectivity index (χ0n) is 11.5. The lowest BCUT2D eigenvalue weighted by atomic mass is 9.74. The number of fused-ring (bicyclic) bond motifs is 1. The lowest BCUT2D eigenvalue weighted by Gasteiger charge is -2.43. The molecule has 2 rings (SSSR count). The van der Waals surface area contributed by atoms with Gasteiger partial charge < -0.3 is 0 Å². The van der Waals surface area contributed by atoms with E-state index in [9.17, 15) is 4.79 Å². The van der Waals surface area contributed by atoms with Gasteiger partial charge in [0, 0.05) is 6.54 Å². The number of hydrazine groups is 1. The lowest BCUT2D eigenvalue weighted by molar-refractivity contribution is -0.128. The van der Waals surface area contributed by atoms with Crippen molar-refractivity contribution in [1.29, 1.82) is 0 Å². The molecule has 3 unspecified atom stereocenters. The maximum Gasteiger partial charge on any atom is 0.251 e. The van der Waals surface area contributed by atoms with Crippen molar-refractivity contribution in [3.63, 3.8) is 0 Å². The number of hydrogen-bond acceptors (Lipinski definition) is 3. The molecule has 0 aromatic heterocycles. The fourth-order valence-electron chi connectivity index (χ4n) is 3.76. The Bertz CT molecular complexity index is 282. The average Bonchev–Trinajstić information content (AvgIpc) is 2.43. The molecule has 4 nitrogen and oxygen atoms in total. The van der Waals surface area contributed by atoms with Crippen molar-refractivity contribution in [1.82, 2.24) is 10.3 Å². The molecule has 2 aliphatic rings. The van der Waals surface area contributed by atoms with E-state index < -0.39 is 0 Å². The van der Waals surface area contributed by atoms with Gasteiger partial charge in [0.05, 0.1) is 6.04 Å². The Morgan fingerprint density at radius 1 is 1.33 bits per heavy atom. The highest BCUT2D eigenvalue weighted by atomic mass is 16.2. The summed E-state index contributed by atoms with van der Waals surface area (Å²) in [6, 6.07) is -0.0112. The van der Waals surface area contributed by atoms with Gasteiger partial charge in [-0.2, -0.15) is 0 Å². The number of carbonyl (C=O) groups is 1. The third-order valence-corrected chi connectivity index (χ3v) is 4.77. The van der Waals surface area contributed by atoms with Gasteiger partial charge in [-0.15, -0.1) is 0 Å². The summed E-state index contributed by atoms with van der Waals surface area (Å²) in [6.07, 6.45) is 8.75. The maximum absolute atomic E-state index is 11.9. The van der Waals surface area contributed by atoms with Gasteiger partial charge in [0.1, 0.15) is 0 Å². The highest BCUT2D eigenvalue weighted by Crippen LogP contribution is 2.36. The van der Waals surface area contributed by atoms with Crippen molar-refractivity contribution in [2.24, 2.45) is 17.7 Å². The standard InChI is InChI=1S/C14H27N3O/c1-2-5-13(14(18)16-15)17-9-8-11-6-3-4-7-12(11)10-17/h11-13H,2-10,15H2,1H3,(H,16,18). The minimum absolute atomic E-state index is 0.00823. The van der Waals surface area contributed by atoms with Crippen LogP contribution in [-0.2, 0) is 4.79 Å². The molecule has 1 aliphatic heterocycles. The molecular weight excluding hydrogens is 226 g/mol. The number of nitrogens with zero attached hydrogens (tertiary/aromatic N) is 1. The van der Waals surface area contributed by atoms with Crippen molar-refractivity contribution >= 4 is 5.91 Å². The van der Waals surface area contributed by atoms with Gasteiger partial charge in [-0.1, -0.05) is 32.6 Å². The van der Waals surface area contributed by atoms with Crippen LogP contribution in [0, 0.1) is 11.8 Å². The van der Waals surface area contributed by atoms with Crippen molar-refractivity contribution in [2.45, 2.75) is 57.9 Å². The Morgan fingerprint density at radius 2 is 2.06 bits per heavy atom. The van der Waals surface area contributed by atoms with E-state index in [0.717, 1.165) is 37.8 Å². The van der Waals surface area contributed by atoms with Crippen molar-refractivity contribution < 1.29 is 4.79 Å². The molecule has 1 heterocycles. The average molecular weight is 253 g/mol. The van der Waals surface area contributed by atoms with Gasteiger partial charge >= 0.3 is 0 Å². The highest BCUT2D eigenvalue weighted by Gasteiger charge is 2.35. The second-order valence-corrected chi connectivity index (χ2v) is 5.90. The van der Waals surface area contributed by atoms with Crippen LogP contribution < -0.4 is 11.3 Å². The summed E-state index contributed by atoms with van der Waals surface area (Å²) >= 11 is 0. The first kappa shape index (κ1) is 13.8. The van der Waals surface area contributed by atoms with E-state index in [1.165, 1.54) is 32.1 Å². The molecule has 0 aromatic rings. The predicted molar refractivity (Wildman–Crippen MR) is 72.7 cm³/mol. The Hall–Kier alpha value is -0.610. The number of rotatable bonds is 4. The van der Waals surface area contributed by atoms with Crippen LogP contribution >= 0.6 is 0 Å². The highest BCUT2D eigenvalue weighted by molar-refractivity contribution is 5.81. The van der Waals surface area contributed by atoms with Crippen LogP contribution in [0.2, 0.25) is 0 Å². The minimum Gasteiger partial charge on any atom is -0.293 e. The molecule has 0 aromatic carbocycles. The van der Waals surface area contributed by atoms with Crippen molar-refractivity contribution in [3.8, 4) is 0 Å². The number of nitrogens with one attached hydrogen (secondary N) is 1. The zero-order chi connectivity index (χ0) is 13.0. The van der Waals surface area contributed by atoms with Crippen LogP contribution in [0.4, 0.5) is 0 Å². The second-order valence-electron chi connectivity index (χ2n) is 5.90. The van der Waals surface area contributed by atoms with Crippen LogP contribution in [0.25, 0.3) is 0 Å². The molecule has 3 atom stereocenters. The Kier molecular flexibility index (Phi) is 5.01. The maximum atomic E-state index is 11.9. The van der Waals surface area contributed by atoms with Gasteiger partial charge in [0.15, 0.2) is 0 Å². The zero-order valence-corrected chi connectivity index (χ0v) is 11.5. The predicted octanol–water partition coefficient (Wildman–Crippen LogP) is 1.66. The summed E-state index contributed by atoms with van der Waals surface area (Å²) in [5.41, 5.74) is 2.34. The van der Waals surface area contributed by atoms with Gasteiger partial charge in [-0.25, -0.2) is 5.84 Å². The SMILES string of the molecule is CCCC(C(=O)NN)N1CCC2CCCCC2C1. The summed E-state index contributed by atoms with van der Waals surface area (Å²) in [5.74, 6) is 7.04. The topological polar surface area (TPSA) is 58.4 Å². The first-order valence-electron chi connectivity index (χ1n) is 7.50. The van der Waals surface area contributed by atoms with Crippen LogP contribution in [0.3, 0.4) is 0 Å². The van der Waals surface area contributed by atoms with E-state index >= 15 is 0 Å².